The van der Waals surface area contributed by atoms with E-state index in [1.165, 1.54) is 16.0 Å². The van der Waals surface area contributed by atoms with Gasteiger partial charge in [0.1, 0.15) is 16.9 Å². The Bertz CT molecular complexity index is 1460. The first kappa shape index (κ1) is 27.0. The van der Waals surface area contributed by atoms with Crippen LogP contribution < -0.4 is 10.9 Å². The smallest absolute Gasteiger partial charge is 0.342 e. The third-order valence-corrected chi connectivity index (χ3v) is 6.63. The second-order valence-electron chi connectivity index (χ2n) is 8.52. The molecule has 0 aliphatic heterocycles. The highest BCUT2D eigenvalue weighted by atomic mass is 32.1. The van der Waals surface area contributed by atoms with Crippen LogP contribution in [0.5, 0.6) is 0 Å². The first-order chi connectivity index (χ1) is 18.5. The Balaban J connectivity index is 1.65. The third-order valence-electron chi connectivity index (χ3n) is 5.95. The van der Waals surface area contributed by atoms with E-state index in [9.17, 15) is 14.4 Å². The van der Waals surface area contributed by atoms with Crippen LogP contribution in [0.3, 0.4) is 0 Å². The SMILES string of the molecule is CCOC(=O)CCCCCOC(=O)c1c(-c2ccsc2)nn(CC)c(=O)c1Nc1cncc2ccccc12. The number of hydrogen-bond acceptors (Lipinski definition) is 9. The number of carbonyl (C=O) groups excluding carboxylic acids is 2. The van der Waals surface area contributed by atoms with Crippen molar-refractivity contribution in [2.45, 2.75) is 46.1 Å². The number of benzene rings is 1. The number of anilines is 2. The zero-order valence-electron chi connectivity index (χ0n) is 21.4. The molecule has 198 valence electrons. The van der Waals surface area contributed by atoms with E-state index in [-0.39, 0.29) is 23.8 Å². The molecule has 0 aliphatic rings. The van der Waals surface area contributed by atoms with Crippen molar-refractivity contribution < 1.29 is 19.1 Å². The van der Waals surface area contributed by atoms with Gasteiger partial charge in [-0.3, -0.25) is 14.6 Å². The van der Waals surface area contributed by atoms with Crippen molar-refractivity contribution in [1.29, 1.82) is 0 Å². The molecule has 10 heteroatoms. The fourth-order valence-corrected chi connectivity index (χ4v) is 4.71. The molecule has 38 heavy (non-hydrogen) atoms. The molecule has 4 rings (SSSR count). The Morgan fingerprint density at radius 1 is 1.05 bits per heavy atom. The van der Waals surface area contributed by atoms with Gasteiger partial charge in [0.2, 0.25) is 0 Å². The Hall–Kier alpha value is -4.05. The van der Waals surface area contributed by atoms with Gasteiger partial charge in [-0.1, -0.05) is 24.3 Å². The second kappa shape index (κ2) is 13.0. The van der Waals surface area contributed by atoms with E-state index in [1.54, 1.807) is 19.3 Å². The molecule has 1 aromatic carbocycles. The minimum atomic E-state index is -0.639. The maximum Gasteiger partial charge on any atom is 0.342 e. The number of fused-ring (bicyclic) bond motifs is 1. The summed E-state index contributed by atoms with van der Waals surface area (Å²) in [6, 6.07) is 9.52. The van der Waals surface area contributed by atoms with E-state index in [0.29, 0.717) is 50.2 Å². The monoisotopic (exact) mass is 534 g/mol. The molecule has 0 aliphatic carbocycles. The molecule has 0 radical (unpaired) electrons. The highest BCUT2D eigenvalue weighted by Crippen LogP contribution is 2.31. The number of esters is 2. The van der Waals surface area contributed by atoms with Gasteiger partial charge >= 0.3 is 11.9 Å². The van der Waals surface area contributed by atoms with E-state index in [2.05, 4.69) is 15.4 Å². The average molecular weight is 535 g/mol. The Labute approximate surface area is 224 Å². The standard InChI is InChI=1S/C28H30N4O5S/c1-3-32-27(34)26(30-22-17-29-16-19-10-7-8-11-21(19)22)24(25(31-32)20-13-15-38-18-20)28(35)37-14-9-5-6-12-23(33)36-4-2/h7-8,10-11,13,15-18,30H,3-6,9,12,14H2,1-2H3. The molecule has 0 saturated carbocycles. The van der Waals surface area contributed by atoms with Crippen LogP contribution in [0.4, 0.5) is 11.4 Å². The fourth-order valence-electron chi connectivity index (χ4n) is 4.07. The zero-order valence-corrected chi connectivity index (χ0v) is 22.3. The zero-order chi connectivity index (χ0) is 26.9. The van der Waals surface area contributed by atoms with Gasteiger partial charge in [0.15, 0.2) is 0 Å². The molecule has 9 nitrogen and oxygen atoms in total. The van der Waals surface area contributed by atoms with Gasteiger partial charge in [-0.15, -0.1) is 0 Å². The number of thiophene rings is 1. The van der Waals surface area contributed by atoms with Gasteiger partial charge in [0, 0.05) is 40.9 Å². The Kier molecular flexibility index (Phi) is 9.21. The molecule has 3 heterocycles. The molecular weight excluding hydrogens is 504 g/mol. The number of aryl methyl sites for hydroxylation is 1. The lowest BCUT2D eigenvalue weighted by Crippen LogP contribution is -2.29. The molecule has 0 atom stereocenters. The van der Waals surface area contributed by atoms with Crippen LogP contribution in [0.15, 0.2) is 58.3 Å². The molecule has 0 spiro atoms. The number of aromatic nitrogens is 3. The lowest BCUT2D eigenvalue weighted by Gasteiger charge is -2.17. The summed E-state index contributed by atoms with van der Waals surface area (Å²) in [6.45, 7) is 4.43. The van der Waals surface area contributed by atoms with Crippen LogP contribution in [-0.2, 0) is 20.8 Å². The van der Waals surface area contributed by atoms with Crippen molar-refractivity contribution in [1.82, 2.24) is 14.8 Å². The highest BCUT2D eigenvalue weighted by molar-refractivity contribution is 7.08. The van der Waals surface area contributed by atoms with Gasteiger partial charge < -0.3 is 14.8 Å². The van der Waals surface area contributed by atoms with Crippen molar-refractivity contribution >= 4 is 45.4 Å². The molecule has 1 N–H and O–H groups in total. The molecule has 4 aromatic rings. The number of pyridine rings is 1. The van der Waals surface area contributed by atoms with Gasteiger partial charge in [-0.25, -0.2) is 9.48 Å². The molecule has 0 unspecified atom stereocenters. The van der Waals surface area contributed by atoms with Crippen LogP contribution in [-0.4, -0.2) is 39.9 Å². The van der Waals surface area contributed by atoms with Gasteiger partial charge in [-0.2, -0.15) is 16.4 Å². The summed E-state index contributed by atoms with van der Waals surface area (Å²) in [5.41, 5.74) is 1.43. The van der Waals surface area contributed by atoms with Crippen LogP contribution in [0.2, 0.25) is 0 Å². The number of hydrogen-bond donors (Lipinski definition) is 1. The summed E-state index contributed by atoms with van der Waals surface area (Å²) in [7, 11) is 0. The van der Waals surface area contributed by atoms with E-state index in [1.807, 2.05) is 48.0 Å². The van der Waals surface area contributed by atoms with Gasteiger partial charge in [0.25, 0.3) is 5.56 Å². The summed E-state index contributed by atoms with van der Waals surface area (Å²) in [6.07, 6.45) is 5.62. The van der Waals surface area contributed by atoms with Crippen molar-refractivity contribution in [3.05, 3.63) is 69.4 Å². The predicted octanol–water partition coefficient (Wildman–Crippen LogP) is 5.56. The maximum absolute atomic E-state index is 13.5. The van der Waals surface area contributed by atoms with Gasteiger partial charge in [-0.05, 0) is 44.6 Å². The number of carbonyl (C=O) groups is 2. The first-order valence-electron chi connectivity index (χ1n) is 12.6. The summed E-state index contributed by atoms with van der Waals surface area (Å²) >= 11 is 1.47. The largest absolute Gasteiger partial charge is 0.466 e. The van der Waals surface area contributed by atoms with Gasteiger partial charge in [0.05, 0.1) is 25.1 Å². The van der Waals surface area contributed by atoms with Crippen LogP contribution in [0, 0.1) is 0 Å². The lowest BCUT2D eigenvalue weighted by atomic mass is 10.1. The van der Waals surface area contributed by atoms with Crippen LogP contribution in [0.1, 0.15) is 49.9 Å². The minimum Gasteiger partial charge on any atom is -0.466 e. The fraction of sp³-hybridized carbons (Fsp3) is 0.321. The molecule has 0 fully saturated rings. The summed E-state index contributed by atoms with van der Waals surface area (Å²) in [4.78, 5) is 42.8. The minimum absolute atomic E-state index is 0.0811. The molecule has 0 bridgehead atoms. The molecular formula is C28H30N4O5S. The Morgan fingerprint density at radius 2 is 1.89 bits per heavy atom. The highest BCUT2D eigenvalue weighted by Gasteiger charge is 2.26. The topological polar surface area (TPSA) is 112 Å². The van der Waals surface area contributed by atoms with Crippen molar-refractivity contribution in [3.8, 4) is 11.3 Å². The number of rotatable bonds is 12. The summed E-state index contributed by atoms with van der Waals surface area (Å²) in [5.74, 6) is -0.869. The number of nitrogens with zero attached hydrogens (tertiary/aromatic N) is 3. The van der Waals surface area contributed by atoms with Crippen LogP contribution in [0.25, 0.3) is 22.0 Å². The number of unbranched alkanes of at least 4 members (excludes halogenated alkanes) is 2. The molecule has 3 aromatic heterocycles. The third kappa shape index (κ3) is 6.25. The second-order valence-corrected chi connectivity index (χ2v) is 9.30. The van der Waals surface area contributed by atoms with Crippen molar-refractivity contribution in [3.63, 3.8) is 0 Å². The van der Waals surface area contributed by atoms with E-state index in [4.69, 9.17) is 9.47 Å². The van der Waals surface area contributed by atoms with Crippen molar-refractivity contribution in [2.75, 3.05) is 18.5 Å². The average Bonchev–Trinajstić information content (AvgIpc) is 3.47. The predicted molar refractivity (Wildman–Crippen MR) is 148 cm³/mol. The molecule has 0 amide bonds. The summed E-state index contributed by atoms with van der Waals surface area (Å²) in [5, 5.41) is 13.2. The maximum atomic E-state index is 13.5. The Morgan fingerprint density at radius 3 is 2.66 bits per heavy atom. The van der Waals surface area contributed by atoms with Crippen molar-refractivity contribution in [2.24, 2.45) is 0 Å². The molecule has 0 saturated heterocycles. The number of nitrogens with one attached hydrogen (secondary N) is 1. The number of ether oxygens (including phenoxy) is 2. The summed E-state index contributed by atoms with van der Waals surface area (Å²) < 4.78 is 11.9. The lowest BCUT2D eigenvalue weighted by molar-refractivity contribution is -0.143. The van der Waals surface area contributed by atoms with Crippen LogP contribution >= 0.6 is 11.3 Å². The van der Waals surface area contributed by atoms with E-state index < -0.39 is 11.5 Å². The first-order valence-corrected chi connectivity index (χ1v) is 13.6. The van der Waals surface area contributed by atoms with E-state index >= 15 is 0 Å². The normalized spacial score (nSPS) is 10.9. The quantitative estimate of drug-likeness (QED) is 0.186. The van der Waals surface area contributed by atoms with E-state index in [0.717, 1.165) is 16.3 Å².